The Hall–Kier alpha value is -2.57. The van der Waals surface area contributed by atoms with Gasteiger partial charge < -0.3 is 4.57 Å². The van der Waals surface area contributed by atoms with Crippen LogP contribution in [0.15, 0.2) is 33.9 Å². The molecule has 3 rings (SSSR count). The second-order valence-electron chi connectivity index (χ2n) is 5.61. The molecule has 0 fully saturated rings. The third-order valence-electron chi connectivity index (χ3n) is 3.96. The standard InChI is InChI=1S/C15H17BN4O2/c1-9-17-13-12(14(21)19(3)15(22)18(13)2)20(9)8-10-5-4-6-11(16)7-10/h4-7H,8,16H2,1-3H3. The van der Waals surface area contributed by atoms with Gasteiger partial charge in [0.15, 0.2) is 11.2 Å². The van der Waals surface area contributed by atoms with Gasteiger partial charge >= 0.3 is 5.69 Å². The summed E-state index contributed by atoms with van der Waals surface area (Å²) in [5.41, 5.74) is 2.48. The third kappa shape index (κ3) is 2.09. The van der Waals surface area contributed by atoms with Crippen molar-refractivity contribution < 1.29 is 0 Å². The number of fused-ring (bicyclic) bond motifs is 1. The van der Waals surface area contributed by atoms with Crippen LogP contribution in [0.3, 0.4) is 0 Å². The Morgan fingerprint density at radius 2 is 1.91 bits per heavy atom. The van der Waals surface area contributed by atoms with Gasteiger partial charge in [-0.25, -0.2) is 9.78 Å². The number of benzene rings is 1. The molecule has 3 aromatic rings. The molecule has 0 radical (unpaired) electrons. The predicted molar refractivity (Wildman–Crippen MR) is 88.7 cm³/mol. The van der Waals surface area contributed by atoms with Crippen molar-refractivity contribution >= 4 is 24.5 Å². The molecular formula is C15H17BN4O2. The fourth-order valence-corrected chi connectivity index (χ4v) is 2.74. The minimum Gasteiger partial charge on any atom is -0.318 e. The van der Waals surface area contributed by atoms with Crippen molar-refractivity contribution in [2.45, 2.75) is 13.5 Å². The number of aromatic nitrogens is 4. The van der Waals surface area contributed by atoms with Crippen LogP contribution < -0.4 is 16.7 Å². The molecule has 0 saturated carbocycles. The first-order chi connectivity index (χ1) is 10.4. The fraction of sp³-hybridized carbons (Fsp3) is 0.267. The van der Waals surface area contributed by atoms with Gasteiger partial charge in [-0.15, -0.1) is 0 Å². The monoisotopic (exact) mass is 296 g/mol. The van der Waals surface area contributed by atoms with E-state index < -0.39 is 0 Å². The molecule has 22 heavy (non-hydrogen) atoms. The highest BCUT2D eigenvalue weighted by molar-refractivity contribution is 6.32. The Morgan fingerprint density at radius 3 is 2.59 bits per heavy atom. The summed E-state index contributed by atoms with van der Waals surface area (Å²) >= 11 is 0. The average Bonchev–Trinajstić information content (AvgIpc) is 2.80. The zero-order valence-corrected chi connectivity index (χ0v) is 13.1. The normalized spacial score (nSPS) is 11.2. The van der Waals surface area contributed by atoms with E-state index in [0.29, 0.717) is 17.7 Å². The van der Waals surface area contributed by atoms with E-state index in [2.05, 4.69) is 11.1 Å². The highest BCUT2D eigenvalue weighted by Crippen LogP contribution is 2.12. The van der Waals surface area contributed by atoms with Crippen molar-refractivity contribution in [3.05, 3.63) is 56.5 Å². The molecule has 0 amide bonds. The zero-order chi connectivity index (χ0) is 16.0. The van der Waals surface area contributed by atoms with E-state index in [0.717, 1.165) is 16.0 Å². The van der Waals surface area contributed by atoms with Gasteiger partial charge in [-0.3, -0.25) is 13.9 Å². The summed E-state index contributed by atoms with van der Waals surface area (Å²) in [7, 11) is 5.15. The van der Waals surface area contributed by atoms with Gasteiger partial charge in [0.25, 0.3) is 5.56 Å². The highest BCUT2D eigenvalue weighted by atomic mass is 16.2. The van der Waals surface area contributed by atoms with Crippen LogP contribution in [0.5, 0.6) is 0 Å². The molecule has 0 aliphatic carbocycles. The van der Waals surface area contributed by atoms with Crippen LogP contribution in [0.4, 0.5) is 0 Å². The van der Waals surface area contributed by atoms with Crippen molar-refractivity contribution in [1.29, 1.82) is 0 Å². The Labute approximate surface area is 128 Å². The largest absolute Gasteiger partial charge is 0.332 e. The second kappa shape index (κ2) is 5.01. The van der Waals surface area contributed by atoms with Crippen LogP contribution in [0.25, 0.3) is 11.2 Å². The van der Waals surface area contributed by atoms with E-state index in [1.54, 1.807) is 7.05 Å². The second-order valence-corrected chi connectivity index (χ2v) is 5.61. The molecule has 112 valence electrons. The van der Waals surface area contributed by atoms with Crippen LogP contribution in [-0.4, -0.2) is 26.5 Å². The fourth-order valence-electron chi connectivity index (χ4n) is 2.74. The summed E-state index contributed by atoms with van der Waals surface area (Å²) < 4.78 is 4.40. The number of aryl methyl sites for hydroxylation is 2. The highest BCUT2D eigenvalue weighted by Gasteiger charge is 2.17. The van der Waals surface area contributed by atoms with Gasteiger partial charge in [0.05, 0.1) is 0 Å². The molecule has 0 aliphatic heterocycles. The first-order valence-corrected chi connectivity index (χ1v) is 7.08. The van der Waals surface area contributed by atoms with Crippen molar-refractivity contribution in [2.24, 2.45) is 14.1 Å². The van der Waals surface area contributed by atoms with Gasteiger partial charge in [-0.1, -0.05) is 29.7 Å². The Bertz CT molecular complexity index is 997. The molecule has 0 aliphatic rings. The van der Waals surface area contributed by atoms with E-state index >= 15 is 0 Å². The molecular weight excluding hydrogens is 279 g/mol. The molecule has 0 N–H and O–H groups in total. The van der Waals surface area contributed by atoms with Gasteiger partial charge in [0.2, 0.25) is 0 Å². The van der Waals surface area contributed by atoms with Crippen LogP contribution in [0.1, 0.15) is 11.4 Å². The number of hydrogen-bond acceptors (Lipinski definition) is 3. The van der Waals surface area contributed by atoms with E-state index in [-0.39, 0.29) is 11.2 Å². The Morgan fingerprint density at radius 1 is 1.18 bits per heavy atom. The van der Waals surface area contributed by atoms with Gasteiger partial charge in [-0.05, 0) is 12.5 Å². The van der Waals surface area contributed by atoms with Crippen molar-refractivity contribution in [2.75, 3.05) is 0 Å². The van der Waals surface area contributed by atoms with Crippen LogP contribution >= 0.6 is 0 Å². The van der Waals surface area contributed by atoms with Gasteiger partial charge in [0, 0.05) is 20.6 Å². The molecule has 7 heteroatoms. The number of nitrogens with zero attached hydrogens (tertiary/aromatic N) is 4. The number of rotatable bonds is 2. The van der Waals surface area contributed by atoms with E-state index in [9.17, 15) is 9.59 Å². The summed E-state index contributed by atoms with van der Waals surface area (Å²) in [6, 6.07) is 8.13. The minimum absolute atomic E-state index is 0.314. The minimum atomic E-state index is -0.363. The lowest BCUT2D eigenvalue weighted by Gasteiger charge is -2.09. The summed E-state index contributed by atoms with van der Waals surface area (Å²) in [6.07, 6.45) is 0. The maximum Gasteiger partial charge on any atom is 0.332 e. The lowest BCUT2D eigenvalue weighted by atomic mass is 9.94. The molecule has 6 nitrogen and oxygen atoms in total. The Kier molecular flexibility index (Phi) is 3.28. The summed E-state index contributed by atoms with van der Waals surface area (Å²) in [4.78, 5) is 28.9. The molecule has 0 unspecified atom stereocenters. The summed E-state index contributed by atoms with van der Waals surface area (Å²) in [5, 5.41) is 0. The first-order valence-electron chi connectivity index (χ1n) is 7.08. The van der Waals surface area contributed by atoms with E-state index in [4.69, 9.17) is 0 Å². The van der Waals surface area contributed by atoms with Gasteiger partial charge in [0.1, 0.15) is 13.7 Å². The van der Waals surface area contributed by atoms with Gasteiger partial charge in [-0.2, -0.15) is 0 Å². The number of imidazole rings is 1. The van der Waals surface area contributed by atoms with Crippen molar-refractivity contribution in [3.8, 4) is 0 Å². The summed E-state index contributed by atoms with van der Waals surface area (Å²) in [6.45, 7) is 2.40. The molecule has 0 bridgehead atoms. The maximum atomic E-state index is 12.5. The predicted octanol–water partition coefficient (Wildman–Crippen LogP) is -0.951. The molecule has 2 heterocycles. The van der Waals surface area contributed by atoms with Crippen LogP contribution in [0.2, 0.25) is 0 Å². The Balaban J connectivity index is 2.29. The first kappa shape index (κ1) is 14.4. The molecule has 0 saturated heterocycles. The zero-order valence-electron chi connectivity index (χ0n) is 13.1. The lowest BCUT2D eigenvalue weighted by molar-refractivity contribution is 0.701. The summed E-state index contributed by atoms with van der Waals surface area (Å²) in [5.74, 6) is 0.717. The van der Waals surface area contributed by atoms with Crippen LogP contribution in [0, 0.1) is 6.92 Å². The van der Waals surface area contributed by atoms with E-state index in [1.165, 1.54) is 17.1 Å². The quantitative estimate of drug-likeness (QED) is 0.573. The SMILES string of the molecule is Bc1cccc(Cn2c(C)nc3c2c(=O)n(C)c(=O)n3C)c1. The molecule has 2 aromatic heterocycles. The maximum absolute atomic E-state index is 12.5. The van der Waals surface area contributed by atoms with Crippen molar-refractivity contribution in [3.63, 3.8) is 0 Å². The average molecular weight is 296 g/mol. The lowest BCUT2D eigenvalue weighted by Crippen LogP contribution is -2.37. The molecule has 0 atom stereocenters. The third-order valence-corrected chi connectivity index (χ3v) is 3.96. The molecule has 0 spiro atoms. The topological polar surface area (TPSA) is 61.8 Å². The molecule has 1 aromatic carbocycles. The van der Waals surface area contributed by atoms with Crippen LogP contribution in [-0.2, 0) is 20.6 Å². The number of hydrogen-bond donors (Lipinski definition) is 0. The van der Waals surface area contributed by atoms with E-state index in [1.807, 2.05) is 37.5 Å². The van der Waals surface area contributed by atoms with Crippen molar-refractivity contribution in [1.82, 2.24) is 18.7 Å². The smallest absolute Gasteiger partial charge is 0.318 e.